The zero-order valence-electron chi connectivity index (χ0n) is 17.9. The Morgan fingerprint density at radius 1 is 1.10 bits per heavy atom. The highest BCUT2D eigenvalue weighted by Gasteiger charge is 2.25. The Morgan fingerprint density at radius 3 is 2.61 bits per heavy atom. The number of likely N-dealkylation sites (tertiary alicyclic amines) is 1. The average molecular weight is 431 g/mol. The molecule has 6 heteroatoms. The summed E-state index contributed by atoms with van der Waals surface area (Å²) in [5.74, 6) is 0.606. The summed E-state index contributed by atoms with van der Waals surface area (Å²) in [4.78, 5) is 24.1. The molecular formula is C25H26N4OS. The minimum absolute atomic E-state index is 0.0519. The number of hydrogen-bond donors (Lipinski definition) is 0. The molecule has 4 aromatic rings. The lowest BCUT2D eigenvalue weighted by molar-refractivity contribution is 0.0678. The summed E-state index contributed by atoms with van der Waals surface area (Å²) in [5.41, 5.74) is 6.47. The van der Waals surface area contributed by atoms with Gasteiger partial charge in [-0.25, -0.2) is 9.97 Å². The summed E-state index contributed by atoms with van der Waals surface area (Å²) >= 11 is 1.53. The van der Waals surface area contributed by atoms with Gasteiger partial charge in [-0.2, -0.15) is 0 Å². The van der Waals surface area contributed by atoms with Gasteiger partial charge in [-0.3, -0.25) is 4.79 Å². The smallest absolute Gasteiger partial charge is 0.273 e. The van der Waals surface area contributed by atoms with Crippen LogP contribution in [-0.2, 0) is 6.54 Å². The summed E-state index contributed by atoms with van der Waals surface area (Å²) in [5, 5.41) is 2.79. The van der Waals surface area contributed by atoms with Crippen LogP contribution in [0.1, 0.15) is 34.5 Å². The van der Waals surface area contributed by atoms with Gasteiger partial charge in [0.1, 0.15) is 10.7 Å². The number of rotatable bonds is 4. The number of nitrogens with zero attached hydrogens (tertiary/aromatic N) is 4. The van der Waals surface area contributed by atoms with Crippen LogP contribution >= 0.6 is 11.3 Å². The fraction of sp³-hybridized carbons (Fsp3) is 0.320. The molecule has 0 N–H and O–H groups in total. The second-order valence-electron chi connectivity index (χ2n) is 8.46. The predicted molar refractivity (Wildman–Crippen MR) is 125 cm³/mol. The molecule has 2 aromatic heterocycles. The van der Waals surface area contributed by atoms with Gasteiger partial charge in [-0.05, 0) is 55.9 Å². The zero-order chi connectivity index (χ0) is 21.4. The number of benzene rings is 2. The van der Waals surface area contributed by atoms with Gasteiger partial charge < -0.3 is 9.47 Å². The topological polar surface area (TPSA) is 51.0 Å². The van der Waals surface area contributed by atoms with Gasteiger partial charge in [0.25, 0.3) is 5.91 Å². The third kappa shape index (κ3) is 4.00. The summed E-state index contributed by atoms with van der Waals surface area (Å²) in [7, 11) is 0. The highest BCUT2D eigenvalue weighted by molar-refractivity contribution is 7.13. The van der Waals surface area contributed by atoms with Gasteiger partial charge >= 0.3 is 0 Å². The van der Waals surface area contributed by atoms with Crippen LogP contribution in [0.4, 0.5) is 0 Å². The number of amides is 1. The van der Waals surface area contributed by atoms with Gasteiger partial charge in [-0.15, -0.1) is 11.3 Å². The number of thiazole rings is 1. The van der Waals surface area contributed by atoms with Crippen LogP contribution in [0, 0.1) is 19.8 Å². The fourth-order valence-corrected chi connectivity index (χ4v) is 5.10. The summed E-state index contributed by atoms with van der Waals surface area (Å²) in [6.45, 7) is 6.80. The Kier molecular flexibility index (Phi) is 5.32. The second-order valence-corrected chi connectivity index (χ2v) is 9.32. The van der Waals surface area contributed by atoms with Gasteiger partial charge in [0.15, 0.2) is 0 Å². The Balaban J connectivity index is 1.22. The first-order chi connectivity index (χ1) is 15.1. The molecule has 1 aliphatic rings. The van der Waals surface area contributed by atoms with E-state index in [4.69, 9.17) is 0 Å². The minimum Gasteiger partial charge on any atom is -0.337 e. The van der Waals surface area contributed by atoms with E-state index >= 15 is 0 Å². The number of carbonyl (C=O) groups excluding carboxylic acids is 1. The van der Waals surface area contributed by atoms with Crippen LogP contribution in [0.2, 0.25) is 0 Å². The molecule has 1 fully saturated rings. The molecule has 0 bridgehead atoms. The number of aryl methyl sites for hydroxylation is 2. The normalized spacial score (nSPS) is 15.0. The van der Waals surface area contributed by atoms with Crippen LogP contribution < -0.4 is 0 Å². The average Bonchev–Trinajstić information content (AvgIpc) is 3.43. The number of fused-ring (bicyclic) bond motifs is 1. The molecule has 1 saturated heterocycles. The molecular weight excluding hydrogens is 404 g/mol. The Hall–Kier alpha value is -2.99. The molecule has 31 heavy (non-hydrogen) atoms. The SMILES string of the molecule is Cc1cc2ncn(CC3CCN(C(=O)c4csc(-c5ccccc5)n4)CC3)c2cc1C. The molecule has 0 aliphatic carbocycles. The maximum Gasteiger partial charge on any atom is 0.273 e. The first-order valence-corrected chi connectivity index (χ1v) is 11.7. The Bertz CT molecular complexity index is 1220. The molecule has 1 amide bonds. The molecule has 158 valence electrons. The minimum atomic E-state index is 0.0519. The van der Waals surface area contributed by atoms with Crippen molar-refractivity contribution in [1.29, 1.82) is 0 Å². The summed E-state index contributed by atoms with van der Waals surface area (Å²) in [6.07, 6.45) is 3.97. The molecule has 1 aliphatic heterocycles. The lowest BCUT2D eigenvalue weighted by Gasteiger charge is -2.31. The highest BCUT2D eigenvalue weighted by atomic mass is 32.1. The van der Waals surface area contributed by atoms with Gasteiger partial charge in [0, 0.05) is 30.6 Å². The fourth-order valence-electron chi connectivity index (χ4n) is 4.30. The van der Waals surface area contributed by atoms with E-state index in [0.717, 1.165) is 48.6 Å². The van der Waals surface area contributed by atoms with Gasteiger partial charge in [0.05, 0.1) is 17.4 Å². The first kappa shape index (κ1) is 19.9. The van der Waals surface area contributed by atoms with Crippen molar-refractivity contribution in [2.45, 2.75) is 33.2 Å². The van der Waals surface area contributed by atoms with E-state index in [2.05, 4.69) is 40.5 Å². The van der Waals surface area contributed by atoms with Crippen LogP contribution in [-0.4, -0.2) is 38.4 Å². The summed E-state index contributed by atoms with van der Waals surface area (Å²) < 4.78 is 2.27. The number of hydrogen-bond acceptors (Lipinski definition) is 4. The molecule has 3 heterocycles. The number of carbonyl (C=O) groups is 1. The Morgan fingerprint density at radius 2 is 1.84 bits per heavy atom. The molecule has 5 rings (SSSR count). The van der Waals surface area contributed by atoms with Gasteiger partial charge in [-0.1, -0.05) is 30.3 Å². The van der Waals surface area contributed by atoms with Crippen molar-refractivity contribution in [3.63, 3.8) is 0 Å². The molecule has 2 aromatic carbocycles. The van der Waals surface area contributed by atoms with Crippen molar-refractivity contribution in [1.82, 2.24) is 19.4 Å². The van der Waals surface area contributed by atoms with Gasteiger partial charge in [0.2, 0.25) is 0 Å². The molecule has 0 radical (unpaired) electrons. The van der Waals surface area contributed by atoms with E-state index in [1.54, 1.807) is 0 Å². The largest absolute Gasteiger partial charge is 0.337 e. The number of piperidine rings is 1. The van der Waals surface area contributed by atoms with Crippen LogP contribution in [0.5, 0.6) is 0 Å². The quantitative estimate of drug-likeness (QED) is 0.440. The second kappa shape index (κ2) is 8.27. The number of aromatic nitrogens is 3. The lowest BCUT2D eigenvalue weighted by atomic mass is 9.96. The van der Waals surface area contributed by atoms with Crippen molar-refractivity contribution in [3.8, 4) is 10.6 Å². The number of imidazole rings is 1. The lowest BCUT2D eigenvalue weighted by Crippen LogP contribution is -2.39. The van der Waals surface area contributed by atoms with E-state index < -0.39 is 0 Å². The van der Waals surface area contributed by atoms with E-state index in [1.165, 1.54) is 28.0 Å². The van der Waals surface area contributed by atoms with Crippen LogP contribution in [0.3, 0.4) is 0 Å². The van der Waals surface area contributed by atoms with Crippen LogP contribution in [0.25, 0.3) is 21.6 Å². The summed E-state index contributed by atoms with van der Waals surface area (Å²) in [6, 6.07) is 14.4. The monoisotopic (exact) mass is 430 g/mol. The standard InChI is InChI=1S/C25H26N4OS/c1-17-12-21-23(13-18(17)2)29(16-26-21)14-19-8-10-28(11-9-19)25(30)22-15-31-24(27-22)20-6-4-3-5-7-20/h3-7,12-13,15-16,19H,8-11,14H2,1-2H3. The van der Waals surface area contributed by atoms with Crippen molar-refractivity contribution < 1.29 is 4.79 Å². The van der Waals surface area contributed by atoms with Crippen molar-refractivity contribution >= 4 is 28.3 Å². The van der Waals surface area contributed by atoms with Crippen molar-refractivity contribution in [2.75, 3.05) is 13.1 Å². The van der Waals surface area contributed by atoms with Crippen LogP contribution in [0.15, 0.2) is 54.2 Å². The van der Waals surface area contributed by atoms with Crippen molar-refractivity contribution in [3.05, 3.63) is 71.0 Å². The predicted octanol–water partition coefficient (Wildman–Crippen LogP) is 5.33. The maximum absolute atomic E-state index is 13.0. The van der Waals surface area contributed by atoms with E-state index in [0.29, 0.717) is 11.6 Å². The maximum atomic E-state index is 13.0. The third-order valence-corrected chi connectivity index (χ3v) is 7.23. The molecule has 0 atom stereocenters. The van der Waals surface area contributed by atoms with E-state index in [-0.39, 0.29) is 5.91 Å². The van der Waals surface area contributed by atoms with E-state index in [9.17, 15) is 4.79 Å². The molecule has 0 saturated carbocycles. The molecule has 0 spiro atoms. The van der Waals surface area contributed by atoms with E-state index in [1.807, 2.05) is 46.9 Å². The molecule has 5 nitrogen and oxygen atoms in total. The molecule has 0 unspecified atom stereocenters. The Labute approximate surface area is 186 Å². The third-order valence-electron chi connectivity index (χ3n) is 6.34. The highest BCUT2D eigenvalue weighted by Crippen LogP contribution is 2.27. The van der Waals surface area contributed by atoms with Crippen molar-refractivity contribution in [2.24, 2.45) is 5.92 Å². The zero-order valence-corrected chi connectivity index (χ0v) is 18.7. The first-order valence-electron chi connectivity index (χ1n) is 10.8.